The quantitative estimate of drug-likeness (QED) is 0.349. The van der Waals surface area contributed by atoms with Crippen LogP contribution >= 0.6 is 0 Å². The van der Waals surface area contributed by atoms with Gasteiger partial charge >= 0.3 is 5.69 Å². The number of para-hydroxylation sites is 1. The number of carbonyl (C=O) groups excluding carboxylic acids is 2. The molecule has 0 aliphatic rings. The molecule has 0 atom stereocenters. The number of hydrazine groups is 1. The van der Waals surface area contributed by atoms with E-state index < -0.39 is 23.1 Å². The fourth-order valence-electron chi connectivity index (χ4n) is 3.20. The molecule has 168 valence electrons. The van der Waals surface area contributed by atoms with E-state index in [1.807, 2.05) is 0 Å². The first-order chi connectivity index (χ1) is 15.5. The fraction of sp³-hybridized carbons (Fsp3) is 0.304. The molecule has 3 N–H and O–H groups in total. The molecule has 0 saturated carbocycles. The third-order valence-electron chi connectivity index (χ3n) is 4.91. The molecular formula is C23H26N4O5. The topological polar surface area (TPSA) is 122 Å². The number of benzene rings is 2. The van der Waals surface area contributed by atoms with Gasteiger partial charge in [0.05, 0.1) is 17.5 Å². The lowest BCUT2D eigenvalue weighted by Crippen LogP contribution is -2.45. The van der Waals surface area contributed by atoms with Crippen LogP contribution in [0.3, 0.4) is 0 Å². The second-order valence-corrected chi connectivity index (χ2v) is 7.30. The lowest BCUT2D eigenvalue weighted by atomic mass is 10.2. The number of amides is 2. The Morgan fingerprint density at radius 2 is 1.72 bits per heavy atom. The summed E-state index contributed by atoms with van der Waals surface area (Å²) in [4.78, 5) is 50.8. The molecule has 3 rings (SSSR count). The molecule has 2 amide bonds. The van der Waals surface area contributed by atoms with Gasteiger partial charge in [0, 0.05) is 5.56 Å². The number of aromatic amines is 1. The average Bonchev–Trinajstić information content (AvgIpc) is 2.80. The van der Waals surface area contributed by atoms with Crippen molar-refractivity contribution < 1.29 is 14.3 Å². The number of unbranched alkanes of at least 4 members (excludes halogenated alkanes) is 3. The number of hydrogen-bond acceptors (Lipinski definition) is 5. The van der Waals surface area contributed by atoms with Crippen LogP contribution in [-0.4, -0.2) is 28.0 Å². The van der Waals surface area contributed by atoms with E-state index in [2.05, 4.69) is 22.8 Å². The van der Waals surface area contributed by atoms with Crippen LogP contribution in [0.1, 0.15) is 43.0 Å². The van der Waals surface area contributed by atoms with Crippen molar-refractivity contribution in [1.29, 1.82) is 0 Å². The van der Waals surface area contributed by atoms with E-state index in [9.17, 15) is 19.2 Å². The van der Waals surface area contributed by atoms with E-state index >= 15 is 0 Å². The molecule has 9 nitrogen and oxygen atoms in total. The van der Waals surface area contributed by atoms with Crippen LogP contribution in [0, 0.1) is 0 Å². The third-order valence-corrected chi connectivity index (χ3v) is 4.91. The van der Waals surface area contributed by atoms with E-state index in [1.165, 1.54) is 12.8 Å². The molecule has 32 heavy (non-hydrogen) atoms. The number of rotatable bonds is 9. The summed E-state index contributed by atoms with van der Waals surface area (Å²) in [7, 11) is 0. The van der Waals surface area contributed by atoms with Gasteiger partial charge in [0.2, 0.25) is 0 Å². The number of H-pyrrole nitrogens is 1. The summed E-state index contributed by atoms with van der Waals surface area (Å²) in [6.07, 6.45) is 4.45. The highest BCUT2D eigenvalue weighted by molar-refractivity contribution is 5.95. The SMILES string of the molecule is CCCCCCOc1ccc(C(=O)NNC(=O)Cn2c(=O)[nH]c(=O)c3ccccc32)cc1. The minimum absolute atomic E-state index is 0.289. The van der Waals surface area contributed by atoms with E-state index in [-0.39, 0.29) is 11.9 Å². The molecule has 1 heterocycles. The summed E-state index contributed by atoms with van der Waals surface area (Å²) in [5, 5.41) is 0.289. The zero-order valence-electron chi connectivity index (χ0n) is 17.8. The molecule has 0 aliphatic carbocycles. The summed E-state index contributed by atoms with van der Waals surface area (Å²) in [6, 6.07) is 13.1. The first-order valence-electron chi connectivity index (χ1n) is 10.5. The summed E-state index contributed by atoms with van der Waals surface area (Å²) < 4.78 is 6.78. The second kappa shape index (κ2) is 10.9. The van der Waals surface area contributed by atoms with Gasteiger partial charge in [-0.3, -0.25) is 34.8 Å². The van der Waals surface area contributed by atoms with E-state index in [0.717, 1.165) is 17.4 Å². The molecule has 0 fully saturated rings. The van der Waals surface area contributed by atoms with Crippen LogP contribution in [0.2, 0.25) is 0 Å². The molecule has 2 aromatic carbocycles. The van der Waals surface area contributed by atoms with Crippen molar-refractivity contribution in [2.45, 2.75) is 39.2 Å². The van der Waals surface area contributed by atoms with Gasteiger partial charge in [0.1, 0.15) is 12.3 Å². The van der Waals surface area contributed by atoms with Gasteiger partial charge in [0.25, 0.3) is 17.4 Å². The normalized spacial score (nSPS) is 10.7. The van der Waals surface area contributed by atoms with Gasteiger partial charge in [-0.15, -0.1) is 0 Å². The largest absolute Gasteiger partial charge is 0.494 e. The monoisotopic (exact) mass is 438 g/mol. The zero-order valence-corrected chi connectivity index (χ0v) is 17.8. The lowest BCUT2D eigenvalue weighted by Gasteiger charge is -2.11. The van der Waals surface area contributed by atoms with Crippen LogP contribution in [0.5, 0.6) is 5.75 Å². The van der Waals surface area contributed by atoms with Crippen molar-refractivity contribution in [3.8, 4) is 5.75 Å². The molecule has 0 bridgehead atoms. The summed E-state index contributed by atoms with van der Waals surface area (Å²) in [5.41, 5.74) is 4.04. The molecule has 1 aromatic heterocycles. The number of hydrogen-bond donors (Lipinski definition) is 3. The molecule has 0 spiro atoms. The van der Waals surface area contributed by atoms with Crippen LogP contribution in [0.4, 0.5) is 0 Å². The van der Waals surface area contributed by atoms with Gasteiger partial charge in [-0.05, 0) is 42.8 Å². The number of ether oxygens (including phenoxy) is 1. The maximum Gasteiger partial charge on any atom is 0.329 e. The van der Waals surface area contributed by atoms with Crippen molar-refractivity contribution in [3.63, 3.8) is 0 Å². The second-order valence-electron chi connectivity index (χ2n) is 7.30. The molecule has 3 aromatic rings. The van der Waals surface area contributed by atoms with Crippen LogP contribution in [0.15, 0.2) is 58.1 Å². The van der Waals surface area contributed by atoms with Gasteiger partial charge in [-0.2, -0.15) is 0 Å². The maximum atomic E-state index is 12.3. The molecule has 0 radical (unpaired) electrons. The first kappa shape index (κ1) is 22.8. The van der Waals surface area contributed by atoms with Crippen molar-refractivity contribution in [2.75, 3.05) is 6.61 Å². The smallest absolute Gasteiger partial charge is 0.329 e. The van der Waals surface area contributed by atoms with Gasteiger partial charge < -0.3 is 4.74 Å². The highest BCUT2D eigenvalue weighted by Crippen LogP contribution is 2.13. The fourth-order valence-corrected chi connectivity index (χ4v) is 3.20. The van der Waals surface area contributed by atoms with Crippen molar-refractivity contribution >= 4 is 22.7 Å². The zero-order chi connectivity index (χ0) is 22.9. The lowest BCUT2D eigenvalue weighted by molar-refractivity contribution is -0.122. The Kier molecular flexibility index (Phi) is 7.80. The van der Waals surface area contributed by atoms with Crippen molar-refractivity contribution in [1.82, 2.24) is 20.4 Å². The van der Waals surface area contributed by atoms with E-state index in [1.54, 1.807) is 48.5 Å². The van der Waals surface area contributed by atoms with E-state index in [0.29, 0.717) is 23.4 Å². The highest BCUT2D eigenvalue weighted by atomic mass is 16.5. The van der Waals surface area contributed by atoms with Gasteiger partial charge in [-0.25, -0.2) is 4.79 Å². The highest BCUT2D eigenvalue weighted by Gasteiger charge is 2.12. The Bertz CT molecular complexity index is 1200. The molecule has 0 unspecified atom stereocenters. The summed E-state index contributed by atoms with van der Waals surface area (Å²) in [6.45, 7) is 2.40. The summed E-state index contributed by atoms with van der Waals surface area (Å²) >= 11 is 0. The Labute approximate surface area is 184 Å². The summed E-state index contributed by atoms with van der Waals surface area (Å²) in [5.74, 6) is -0.456. The Morgan fingerprint density at radius 3 is 2.47 bits per heavy atom. The Balaban J connectivity index is 1.54. The Morgan fingerprint density at radius 1 is 0.969 bits per heavy atom. The van der Waals surface area contributed by atoms with Crippen LogP contribution < -0.4 is 26.8 Å². The maximum absolute atomic E-state index is 12.3. The molecule has 0 aliphatic heterocycles. The Hall–Kier alpha value is -3.88. The van der Waals surface area contributed by atoms with Crippen molar-refractivity contribution in [2.24, 2.45) is 0 Å². The van der Waals surface area contributed by atoms with Crippen LogP contribution in [0.25, 0.3) is 10.9 Å². The molecule has 9 heteroatoms. The minimum Gasteiger partial charge on any atom is -0.494 e. The van der Waals surface area contributed by atoms with E-state index in [4.69, 9.17) is 4.74 Å². The third kappa shape index (κ3) is 5.84. The standard InChI is InChI=1S/C23H26N4O5/c1-2-3-4-7-14-32-17-12-10-16(11-13-17)21(29)26-25-20(28)15-27-19-9-6-5-8-18(19)22(30)24-23(27)31/h5-6,8-13H,2-4,7,14-15H2,1H3,(H,25,28)(H,26,29)(H,24,30,31). The average molecular weight is 438 g/mol. The molecular weight excluding hydrogens is 412 g/mol. The number of fused-ring (bicyclic) bond motifs is 1. The number of carbonyl (C=O) groups is 2. The molecule has 0 saturated heterocycles. The first-order valence-corrected chi connectivity index (χ1v) is 10.5. The number of nitrogens with zero attached hydrogens (tertiary/aromatic N) is 1. The predicted octanol–water partition coefficient (Wildman–Crippen LogP) is 2.11. The number of aromatic nitrogens is 2. The van der Waals surface area contributed by atoms with Crippen LogP contribution in [-0.2, 0) is 11.3 Å². The van der Waals surface area contributed by atoms with Gasteiger partial charge in [-0.1, -0.05) is 38.3 Å². The van der Waals surface area contributed by atoms with Gasteiger partial charge in [0.15, 0.2) is 0 Å². The van der Waals surface area contributed by atoms with Crippen molar-refractivity contribution in [3.05, 3.63) is 74.9 Å². The predicted molar refractivity (Wildman–Crippen MR) is 121 cm³/mol. The number of nitrogens with one attached hydrogen (secondary N) is 3. The minimum atomic E-state index is -0.708.